The minimum absolute atomic E-state index is 0.171. The first-order chi connectivity index (χ1) is 10.7. The molecule has 112 valence electrons. The molecule has 1 atom stereocenters. The number of hydrogen-bond donors (Lipinski definition) is 1. The zero-order chi connectivity index (χ0) is 15.8. The minimum atomic E-state index is -0.689. The molecule has 0 bridgehead atoms. The van der Waals surface area contributed by atoms with Gasteiger partial charge in [0.15, 0.2) is 0 Å². The van der Waals surface area contributed by atoms with Gasteiger partial charge in [-0.1, -0.05) is 29.8 Å². The second-order valence-corrected chi connectivity index (χ2v) is 6.00. The molecule has 0 aliphatic carbocycles. The SMILES string of the molecule is N#CC(NC(=O)CCSc1ccccn1)c1cccc(Cl)c1. The highest BCUT2D eigenvalue weighted by atomic mass is 35.5. The van der Waals surface area contributed by atoms with Gasteiger partial charge in [0.25, 0.3) is 0 Å². The summed E-state index contributed by atoms with van der Waals surface area (Å²) in [5.41, 5.74) is 0.681. The summed E-state index contributed by atoms with van der Waals surface area (Å²) in [4.78, 5) is 16.1. The van der Waals surface area contributed by atoms with E-state index in [2.05, 4.69) is 16.4 Å². The van der Waals surface area contributed by atoms with Crippen molar-refractivity contribution in [1.29, 1.82) is 5.26 Å². The number of amides is 1. The Morgan fingerprint density at radius 2 is 2.23 bits per heavy atom. The Morgan fingerprint density at radius 3 is 2.91 bits per heavy atom. The molecule has 0 aliphatic heterocycles. The molecule has 0 radical (unpaired) electrons. The third-order valence-electron chi connectivity index (χ3n) is 2.83. The van der Waals surface area contributed by atoms with Crippen LogP contribution < -0.4 is 5.32 Å². The van der Waals surface area contributed by atoms with Gasteiger partial charge in [0.1, 0.15) is 6.04 Å². The van der Waals surface area contributed by atoms with E-state index in [0.717, 1.165) is 5.03 Å². The molecule has 0 aliphatic rings. The molecule has 0 saturated heterocycles. The molecule has 1 N–H and O–H groups in total. The van der Waals surface area contributed by atoms with Gasteiger partial charge < -0.3 is 5.32 Å². The Labute approximate surface area is 138 Å². The molecule has 1 amide bonds. The molecule has 1 aromatic carbocycles. The van der Waals surface area contributed by atoms with E-state index in [1.165, 1.54) is 11.8 Å². The standard InChI is InChI=1S/C16H14ClN3OS/c17-13-5-3-4-12(10-13)14(11-18)20-15(21)7-9-22-16-6-1-2-8-19-16/h1-6,8,10,14H,7,9H2,(H,20,21). The van der Waals surface area contributed by atoms with Gasteiger partial charge in [0.2, 0.25) is 5.91 Å². The van der Waals surface area contributed by atoms with Crippen molar-refractivity contribution in [3.63, 3.8) is 0 Å². The Balaban J connectivity index is 1.84. The molecule has 0 saturated carbocycles. The number of rotatable bonds is 6. The van der Waals surface area contributed by atoms with E-state index in [0.29, 0.717) is 22.8 Å². The van der Waals surface area contributed by atoms with Crippen LogP contribution in [0.4, 0.5) is 0 Å². The number of hydrogen-bond acceptors (Lipinski definition) is 4. The summed E-state index contributed by atoms with van der Waals surface area (Å²) >= 11 is 7.41. The number of halogens is 1. The van der Waals surface area contributed by atoms with Crippen molar-refractivity contribution in [3.8, 4) is 6.07 Å². The summed E-state index contributed by atoms with van der Waals surface area (Å²) in [5.74, 6) is 0.436. The van der Waals surface area contributed by atoms with Crippen molar-refractivity contribution >= 4 is 29.3 Å². The Hall–Kier alpha value is -2.03. The van der Waals surface area contributed by atoms with E-state index in [1.54, 1.807) is 30.5 Å². The van der Waals surface area contributed by atoms with Crippen LogP contribution in [-0.4, -0.2) is 16.6 Å². The van der Waals surface area contributed by atoms with Gasteiger partial charge in [-0.25, -0.2) is 4.98 Å². The summed E-state index contributed by atoms with van der Waals surface area (Å²) in [5, 5.41) is 13.3. The van der Waals surface area contributed by atoms with Crippen LogP contribution in [0.2, 0.25) is 5.02 Å². The van der Waals surface area contributed by atoms with E-state index in [9.17, 15) is 10.1 Å². The van der Waals surface area contributed by atoms with Crippen LogP contribution in [0.5, 0.6) is 0 Å². The summed E-state index contributed by atoms with van der Waals surface area (Å²) in [6.07, 6.45) is 2.03. The summed E-state index contributed by atoms with van der Waals surface area (Å²) in [6, 6.07) is 14.0. The van der Waals surface area contributed by atoms with Crippen molar-refractivity contribution in [2.45, 2.75) is 17.5 Å². The molecular weight excluding hydrogens is 318 g/mol. The van der Waals surface area contributed by atoms with Gasteiger partial charge in [-0.3, -0.25) is 4.79 Å². The number of nitrogens with one attached hydrogen (secondary N) is 1. The fourth-order valence-electron chi connectivity index (χ4n) is 1.79. The third-order valence-corrected chi connectivity index (χ3v) is 4.01. The molecule has 0 fully saturated rings. The van der Waals surface area contributed by atoms with Crippen molar-refractivity contribution in [2.24, 2.45) is 0 Å². The largest absolute Gasteiger partial charge is 0.337 e. The second-order valence-electron chi connectivity index (χ2n) is 4.45. The molecule has 4 nitrogen and oxygen atoms in total. The third kappa shape index (κ3) is 5.06. The number of nitriles is 1. The zero-order valence-electron chi connectivity index (χ0n) is 11.7. The molecule has 1 heterocycles. The van der Waals surface area contributed by atoms with E-state index in [4.69, 9.17) is 11.6 Å². The molecule has 6 heteroatoms. The summed E-state index contributed by atoms with van der Waals surface area (Å²) in [7, 11) is 0. The molecule has 1 unspecified atom stereocenters. The zero-order valence-corrected chi connectivity index (χ0v) is 13.3. The highest BCUT2D eigenvalue weighted by molar-refractivity contribution is 7.99. The Bertz CT molecular complexity index is 673. The summed E-state index contributed by atoms with van der Waals surface area (Å²) in [6.45, 7) is 0. The van der Waals surface area contributed by atoms with Crippen molar-refractivity contribution < 1.29 is 4.79 Å². The van der Waals surface area contributed by atoms with Gasteiger partial charge in [0, 0.05) is 23.4 Å². The average Bonchev–Trinajstić information content (AvgIpc) is 2.53. The second kappa shape index (κ2) is 8.42. The molecule has 2 rings (SSSR count). The highest BCUT2D eigenvalue weighted by Crippen LogP contribution is 2.18. The number of thioether (sulfide) groups is 1. The first-order valence-corrected chi connectivity index (χ1v) is 8.03. The van der Waals surface area contributed by atoms with Crippen LogP contribution in [0.25, 0.3) is 0 Å². The van der Waals surface area contributed by atoms with Gasteiger partial charge >= 0.3 is 0 Å². The lowest BCUT2D eigenvalue weighted by atomic mass is 10.1. The molecule has 22 heavy (non-hydrogen) atoms. The van der Waals surface area contributed by atoms with Crippen molar-refractivity contribution in [3.05, 3.63) is 59.2 Å². The number of nitrogens with zero attached hydrogens (tertiary/aromatic N) is 2. The first-order valence-electron chi connectivity index (χ1n) is 6.67. The number of pyridine rings is 1. The fraction of sp³-hybridized carbons (Fsp3) is 0.188. The molecule has 0 spiro atoms. The molecular formula is C16H14ClN3OS. The van der Waals surface area contributed by atoms with Crippen LogP contribution in [0, 0.1) is 11.3 Å². The number of carbonyl (C=O) groups excluding carboxylic acids is 1. The maximum Gasteiger partial charge on any atom is 0.222 e. The smallest absolute Gasteiger partial charge is 0.222 e. The highest BCUT2D eigenvalue weighted by Gasteiger charge is 2.14. The lowest BCUT2D eigenvalue weighted by molar-refractivity contribution is -0.121. The number of benzene rings is 1. The van der Waals surface area contributed by atoms with E-state index >= 15 is 0 Å². The minimum Gasteiger partial charge on any atom is -0.337 e. The van der Waals surface area contributed by atoms with Gasteiger partial charge in [-0.05, 0) is 29.8 Å². The average molecular weight is 332 g/mol. The van der Waals surface area contributed by atoms with Crippen LogP contribution in [0.15, 0.2) is 53.7 Å². The maximum absolute atomic E-state index is 11.9. The maximum atomic E-state index is 11.9. The lowest BCUT2D eigenvalue weighted by Gasteiger charge is -2.12. The van der Waals surface area contributed by atoms with Crippen LogP contribution >= 0.6 is 23.4 Å². The first kappa shape index (κ1) is 16.3. The predicted molar refractivity (Wildman–Crippen MR) is 87.5 cm³/mol. The number of carbonyl (C=O) groups is 1. The van der Waals surface area contributed by atoms with Gasteiger partial charge in [-0.2, -0.15) is 5.26 Å². The lowest BCUT2D eigenvalue weighted by Crippen LogP contribution is -2.27. The molecule has 2 aromatic rings. The fourth-order valence-corrected chi connectivity index (χ4v) is 2.80. The van der Waals surface area contributed by atoms with Crippen LogP contribution in [0.1, 0.15) is 18.0 Å². The molecule has 1 aromatic heterocycles. The van der Waals surface area contributed by atoms with Crippen LogP contribution in [0.3, 0.4) is 0 Å². The van der Waals surface area contributed by atoms with Gasteiger partial charge in [-0.15, -0.1) is 11.8 Å². The number of aromatic nitrogens is 1. The van der Waals surface area contributed by atoms with Crippen LogP contribution in [-0.2, 0) is 4.79 Å². The topological polar surface area (TPSA) is 65.8 Å². The summed E-state index contributed by atoms with van der Waals surface area (Å²) < 4.78 is 0. The predicted octanol–water partition coefficient (Wildman–Crippen LogP) is 3.60. The van der Waals surface area contributed by atoms with Gasteiger partial charge in [0.05, 0.1) is 11.1 Å². The Kier molecular flexibility index (Phi) is 6.26. The van der Waals surface area contributed by atoms with E-state index < -0.39 is 6.04 Å². The van der Waals surface area contributed by atoms with E-state index in [1.807, 2.05) is 18.2 Å². The van der Waals surface area contributed by atoms with Crippen molar-refractivity contribution in [1.82, 2.24) is 10.3 Å². The van der Waals surface area contributed by atoms with E-state index in [-0.39, 0.29) is 5.91 Å². The Morgan fingerprint density at radius 1 is 1.36 bits per heavy atom. The normalized spacial score (nSPS) is 11.5. The monoisotopic (exact) mass is 331 g/mol. The van der Waals surface area contributed by atoms with Crippen molar-refractivity contribution in [2.75, 3.05) is 5.75 Å². The quantitative estimate of drug-likeness (QED) is 0.821.